The molecule has 0 aromatic heterocycles. The van der Waals surface area contributed by atoms with Crippen LogP contribution in [0.3, 0.4) is 0 Å². The smallest absolute Gasteiger partial charge is 0.255 e. The summed E-state index contributed by atoms with van der Waals surface area (Å²) in [6.07, 6.45) is 1.31. The third-order valence-corrected chi connectivity index (χ3v) is 6.75. The Morgan fingerprint density at radius 2 is 1.74 bits per heavy atom. The molecule has 2 aromatic rings. The van der Waals surface area contributed by atoms with Gasteiger partial charge in [0.2, 0.25) is 5.91 Å². The number of anilines is 2. The van der Waals surface area contributed by atoms with Gasteiger partial charge in [-0.05, 0) is 56.7 Å². The first kappa shape index (κ1) is 19.1. The Balaban J connectivity index is 1.82. The van der Waals surface area contributed by atoms with E-state index in [1.165, 1.54) is 24.3 Å². The first-order valence-corrected chi connectivity index (χ1v) is 10.4. The Hall–Kier alpha value is -2.67. The van der Waals surface area contributed by atoms with Crippen molar-refractivity contribution in [3.05, 3.63) is 54.1 Å². The van der Waals surface area contributed by atoms with Crippen molar-refractivity contribution in [1.29, 1.82) is 0 Å². The van der Waals surface area contributed by atoms with E-state index in [1.807, 2.05) is 6.07 Å². The van der Waals surface area contributed by atoms with Gasteiger partial charge in [0.15, 0.2) is 9.84 Å². The summed E-state index contributed by atoms with van der Waals surface area (Å²) < 4.78 is 24.4. The summed E-state index contributed by atoms with van der Waals surface area (Å²) in [6.45, 7) is 3.87. The van der Waals surface area contributed by atoms with Gasteiger partial charge in [0, 0.05) is 18.5 Å². The number of nitrogens with one attached hydrogen (secondary N) is 1. The molecule has 3 rings (SSSR count). The number of benzene rings is 2. The van der Waals surface area contributed by atoms with Crippen molar-refractivity contribution in [3.63, 3.8) is 0 Å². The predicted octanol–water partition coefficient (Wildman–Crippen LogP) is 3.25. The van der Waals surface area contributed by atoms with E-state index in [2.05, 4.69) is 5.32 Å². The number of para-hydroxylation sites is 2. The van der Waals surface area contributed by atoms with Crippen LogP contribution >= 0.6 is 0 Å². The van der Waals surface area contributed by atoms with E-state index >= 15 is 0 Å². The van der Waals surface area contributed by atoms with E-state index in [0.29, 0.717) is 29.9 Å². The van der Waals surface area contributed by atoms with Crippen molar-refractivity contribution in [2.45, 2.75) is 36.8 Å². The summed E-state index contributed by atoms with van der Waals surface area (Å²) >= 11 is 0. The van der Waals surface area contributed by atoms with E-state index in [-0.39, 0.29) is 16.7 Å². The molecule has 2 amide bonds. The van der Waals surface area contributed by atoms with Crippen LogP contribution in [0.15, 0.2) is 53.4 Å². The molecule has 1 N–H and O–H groups in total. The van der Waals surface area contributed by atoms with Crippen molar-refractivity contribution < 1.29 is 18.0 Å². The molecule has 0 aliphatic carbocycles. The third kappa shape index (κ3) is 3.88. The maximum Gasteiger partial charge on any atom is 0.255 e. The molecule has 27 heavy (non-hydrogen) atoms. The van der Waals surface area contributed by atoms with E-state index in [9.17, 15) is 18.0 Å². The van der Waals surface area contributed by atoms with Gasteiger partial charge in [0.05, 0.1) is 21.5 Å². The molecule has 1 aliphatic rings. The van der Waals surface area contributed by atoms with Crippen molar-refractivity contribution in [3.8, 4) is 0 Å². The van der Waals surface area contributed by atoms with Gasteiger partial charge in [0.1, 0.15) is 0 Å². The summed E-state index contributed by atoms with van der Waals surface area (Å²) in [5.74, 6) is -0.317. The number of nitrogens with zero attached hydrogens (tertiary/aromatic N) is 1. The van der Waals surface area contributed by atoms with Crippen LogP contribution in [0.5, 0.6) is 0 Å². The minimum Gasteiger partial charge on any atom is -0.320 e. The molecule has 0 atom stereocenters. The third-order valence-electron chi connectivity index (χ3n) is 4.58. The molecule has 1 aliphatic heterocycles. The molecule has 0 unspecified atom stereocenters. The molecule has 1 fully saturated rings. The van der Waals surface area contributed by atoms with E-state index in [0.717, 1.165) is 6.42 Å². The Labute approximate surface area is 159 Å². The SMILES string of the molecule is CC(C)S(=O)(=O)c1ccc(C(=O)Nc2ccccc2N2CCCC2=O)cc1. The molecule has 0 bridgehead atoms. The van der Waals surface area contributed by atoms with Gasteiger partial charge in [-0.1, -0.05) is 12.1 Å². The molecule has 1 heterocycles. The Bertz CT molecular complexity index is 966. The predicted molar refractivity (Wildman–Crippen MR) is 105 cm³/mol. The van der Waals surface area contributed by atoms with Gasteiger partial charge >= 0.3 is 0 Å². The number of sulfone groups is 1. The van der Waals surface area contributed by atoms with E-state index in [4.69, 9.17) is 0 Å². The number of carbonyl (C=O) groups excluding carboxylic acids is 2. The van der Waals surface area contributed by atoms with Crippen LogP contribution in [0.25, 0.3) is 0 Å². The number of hydrogen-bond acceptors (Lipinski definition) is 4. The Kier molecular flexibility index (Phi) is 5.32. The quantitative estimate of drug-likeness (QED) is 0.855. The lowest BCUT2D eigenvalue weighted by molar-refractivity contribution is -0.117. The molecule has 142 valence electrons. The first-order valence-electron chi connectivity index (χ1n) is 8.85. The summed E-state index contributed by atoms with van der Waals surface area (Å²) in [5, 5.41) is 2.30. The van der Waals surface area contributed by atoms with Crippen molar-refractivity contribution in [2.24, 2.45) is 0 Å². The largest absolute Gasteiger partial charge is 0.320 e. The molecule has 0 saturated carbocycles. The standard InChI is InChI=1S/C20H22N2O4S/c1-14(2)27(25,26)16-11-9-15(10-12-16)20(24)21-17-6-3-4-7-18(17)22-13-5-8-19(22)23/h3-4,6-7,9-12,14H,5,8,13H2,1-2H3,(H,21,24). The summed E-state index contributed by atoms with van der Waals surface area (Å²) in [6, 6.07) is 13.0. The average molecular weight is 386 g/mol. The van der Waals surface area contributed by atoms with Crippen LogP contribution in [0.1, 0.15) is 37.0 Å². The highest BCUT2D eigenvalue weighted by molar-refractivity contribution is 7.92. The fraction of sp³-hybridized carbons (Fsp3) is 0.300. The maximum atomic E-state index is 12.6. The van der Waals surface area contributed by atoms with Crippen molar-refractivity contribution in [1.82, 2.24) is 0 Å². The second kappa shape index (κ2) is 7.52. The van der Waals surface area contributed by atoms with Crippen molar-refractivity contribution in [2.75, 3.05) is 16.8 Å². The Morgan fingerprint density at radius 3 is 2.33 bits per heavy atom. The average Bonchev–Trinajstić information content (AvgIpc) is 3.08. The minimum atomic E-state index is -3.38. The lowest BCUT2D eigenvalue weighted by Gasteiger charge is -2.20. The van der Waals surface area contributed by atoms with Gasteiger partial charge in [-0.2, -0.15) is 0 Å². The van der Waals surface area contributed by atoms with Crippen LogP contribution in [0.4, 0.5) is 11.4 Å². The van der Waals surface area contributed by atoms with Crippen LogP contribution < -0.4 is 10.2 Å². The van der Waals surface area contributed by atoms with Crippen LogP contribution in [-0.4, -0.2) is 32.0 Å². The highest BCUT2D eigenvalue weighted by Crippen LogP contribution is 2.29. The second-order valence-corrected chi connectivity index (χ2v) is 9.24. The highest BCUT2D eigenvalue weighted by Gasteiger charge is 2.24. The molecule has 1 saturated heterocycles. The van der Waals surface area contributed by atoms with E-state index < -0.39 is 15.1 Å². The summed E-state index contributed by atoms with van der Waals surface area (Å²) in [5.41, 5.74) is 1.57. The van der Waals surface area contributed by atoms with Gasteiger partial charge < -0.3 is 10.2 Å². The van der Waals surface area contributed by atoms with Crippen LogP contribution in [0.2, 0.25) is 0 Å². The minimum absolute atomic E-state index is 0.0416. The maximum absolute atomic E-state index is 12.6. The second-order valence-electron chi connectivity index (χ2n) is 6.74. The molecule has 7 heteroatoms. The topological polar surface area (TPSA) is 83.6 Å². The van der Waals surface area contributed by atoms with Crippen LogP contribution in [0, 0.1) is 0 Å². The van der Waals surface area contributed by atoms with Gasteiger partial charge in [-0.15, -0.1) is 0 Å². The first-order chi connectivity index (χ1) is 12.8. The van der Waals surface area contributed by atoms with Gasteiger partial charge in [0.25, 0.3) is 5.91 Å². The zero-order valence-electron chi connectivity index (χ0n) is 15.3. The molecule has 0 radical (unpaired) electrons. The lowest BCUT2D eigenvalue weighted by atomic mass is 10.2. The number of hydrogen-bond donors (Lipinski definition) is 1. The number of carbonyl (C=O) groups is 2. The van der Waals surface area contributed by atoms with Gasteiger partial charge in [-0.25, -0.2) is 8.42 Å². The fourth-order valence-corrected chi connectivity index (χ4v) is 4.04. The zero-order valence-corrected chi connectivity index (χ0v) is 16.1. The Morgan fingerprint density at radius 1 is 1.07 bits per heavy atom. The molecular formula is C20H22N2O4S. The van der Waals surface area contributed by atoms with Gasteiger partial charge in [-0.3, -0.25) is 9.59 Å². The fourth-order valence-electron chi connectivity index (χ4n) is 2.98. The van der Waals surface area contributed by atoms with Crippen molar-refractivity contribution >= 4 is 33.0 Å². The normalized spacial score (nSPS) is 14.6. The lowest BCUT2D eigenvalue weighted by Crippen LogP contribution is -2.25. The monoisotopic (exact) mass is 386 g/mol. The molecule has 6 nitrogen and oxygen atoms in total. The number of amides is 2. The molecular weight excluding hydrogens is 364 g/mol. The number of rotatable bonds is 5. The zero-order chi connectivity index (χ0) is 19.6. The van der Waals surface area contributed by atoms with E-state index in [1.54, 1.807) is 36.9 Å². The molecule has 0 spiro atoms. The molecule has 2 aromatic carbocycles. The summed E-state index contributed by atoms with van der Waals surface area (Å²) in [7, 11) is -3.38. The van der Waals surface area contributed by atoms with Crippen LogP contribution in [-0.2, 0) is 14.6 Å². The summed E-state index contributed by atoms with van der Waals surface area (Å²) in [4.78, 5) is 26.5. The highest BCUT2D eigenvalue weighted by atomic mass is 32.2.